The summed E-state index contributed by atoms with van der Waals surface area (Å²) in [6.45, 7) is 1.64. The lowest BCUT2D eigenvalue weighted by Crippen LogP contribution is -2.31. The summed E-state index contributed by atoms with van der Waals surface area (Å²) in [5.41, 5.74) is 0.412. The minimum Gasteiger partial charge on any atom is -0.494 e. The number of halogens is 2. The minimum atomic E-state index is -0.713. The fourth-order valence-corrected chi connectivity index (χ4v) is 2.26. The van der Waals surface area contributed by atoms with Crippen LogP contribution in [0.4, 0.5) is 19.3 Å². The van der Waals surface area contributed by atoms with Crippen LogP contribution in [-0.4, -0.2) is 26.2 Å². The summed E-state index contributed by atoms with van der Waals surface area (Å²) in [5.74, 6) is -1.84. The molecular weight excluding hydrogens is 346 g/mol. The lowest BCUT2D eigenvalue weighted by atomic mass is 10.1. The van der Waals surface area contributed by atoms with Crippen LogP contribution >= 0.6 is 0 Å². The van der Waals surface area contributed by atoms with E-state index in [1.165, 1.54) is 38.5 Å². The molecule has 6 nitrogen and oxygen atoms in total. The number of hydrogen-bond acceptors (Lipinski definition) is 4. The van der Waals surface area contributed by atoms with Crippen molar-refractivity contribution in [1.29, 1.82) is 0 Å². The van der Waals surface area contributed by atoms with E-state index in [4.69, 9.17) is 4.74 Å². The standard InChI is InChI=1S/C18H18F2N2O4/c1-10(11-5-7-16(25-2)14(20)8-11)21-18(24)22-15-9-12(17(23)26-3)4-6-13(15)19/h4-10H,1-3H3,(H2,21,22,24). The van der Waals surface area contributed by atoms with Gasteiger partial charge in [-0.05, 0) is 42.8 Å². The first-order valence-electron chi connectivity index (χ1n) is 7.64. The van der Waals surface area contributed by atoms with Gasteiger partial charge < -0.3 is 20.1 Å². The summed E-state index contributed by atoms with van der Waals surface area (Å²) in [5, 5.41) is 4.88. The Morgan fingerprint density at radius 2 is 1.77 bits per heavy atom. The van der Waals surface area contributed by atoms with Crippen molar-refractivity contribution in [3.05, 3.63) is 59.2 Å². The van der Waals surface area contributed by atoms with Crippen LogP contribution in [0.15, 0.2) is 36.4 Å². The fraction of sp³-hybridized carbons (Fsp3) is 0.222. The highest BCUT2D eigenvalue weighted by Crippen LogP contribution is 2.22. The number of amides is 2. The Morgan fingerprint density at radius 1 is 1.04 bits per heavy atom. The van der Waals surface area contributed by atoms with Gasteiger partial charge in [-0.2, -0.15) is 0 Å². The molecule has 0 aliphatic carbocycles. The molecule has 0 aliphatic rings. The maximum atomic E-state index is 13.8. The Bertz CT molecular complexity index is 827. The molecule has 0 saturated heterocycles. The van der Waals surface area contributed by atoms with E-state index in [1.807, 2.05) is 0 Å². The first-order chi connectivity index (χ1) is 12.3. The molecule has 26 heavy (non-hydrogen) atoms. The van der Waals surface area contributed by atoms with Crippen molar-refractivity contribution in [3.8, 4) is 5.75 Å². The quantitative estimate of drug-likeness (QED) is 0.794. The molecule has 0 heterocycles. The summed E-state index contributed by atoms with van der Waals surface area (Å²) in [7, 11) is 2.55. The van der Waals surface area contributed by atoms with Crippen molar-refractivity contribution in [2.45, 2.75) is 13.0 Å². The molecule has 2 amide bonds. The van der Waals surface area contributed by atoms with Crippen LogP contribution in [0.5, 0.6) is 5.75 Å². The van der Waals surface area contributed by atoms with E-state index in [1.54, 1.807) is 13.0 Å². The maximum absolute atomic E-state index is 13.8. The summed E-state index contributed by atoms with van der Waals surface area (Å²) in [6, 6.07) is 6.47. The molecular formula is C18H18F2N2O4. The second kappa shape index (κ2) is 8.28. The summed E-state index contributed by atoms with van der Waals surface area (Å²) in [4.78, 5) is 23.6. The van der Waals surface area contributed by atoms with Crippen LogP contribution in [0.3, 0.4) is 0 Å². The van der Waals surface area contributed by atoms with Gasteiger partial charge in [-0.25, -0.2) is 18.4 Å². The normalized spacial score (nSPS) is 11.4. The van der Waals surface area contributed by atoms with E-state index in [0.29, 0.717) is 5.56 Å². The van der Waals surface area contributed by atoms with E-state index < -0.39 is 29.7 Å². The van der Waals surface area contributed by atoms with Gasteiger partial charge in [0, 0.05) is 0 Å². The van der Waals surface area contributed by atoms with Crippen molar-refractivity contribution >= 4 is 17.7 Å². The molecule has 1 unspecified atom stereocenters. The highest BCUT2D eigenvalue weighted by atomic mass is 19.1. The predicted octanol–water partition coefficient (Wildman–Crippen LogP) is 3.64. The van der Waals surface area contributed by atoms with Crippen LogP contribution in [0, 0.1) is 11.6 Å². The van der Waals surface area contributed by atoms with Gasteiger partial charge >= 0.3 is 12.0 Å². The SMILES string of the molecule is COC(=O)c1ccc(F)c(NC(=O)NC(C)c2ccc(OC)c(F)c2)c1. The number of rotatable bonds is 5. The van der Waals surface area contributed by atoms with Gasteiger partial charge in [0.1, 0.15) is 5.82 Å². The van der Waals surface area contributed by atoms with Gasteiger partial charge in [0.2, 0.25) is 0 Å². The van der Waals surface area contributed by atoms with Gasteiger partial charge in [-0.3, -0.25) is 0 Å². The van der Waals surface area contributed by atoms with Gasteiger partial charge in [0.15, 0.2) is 11.6 Å². The van der Waals surface area contributed by atoms with Gasteiger partial charge in [-0.1, -0.05) is 6.07 Å². The predicted molar refractivity (Wildman–Crippen MR) is 91.3 cm³/mol. The average molecular weight is 364 g/mol. The number of ether oxygens (including phenoxy) is 2. The second-order valence-corrected chi connectivity index (χ2v) is 5.40. The molecule has 1 atom stereocenters. The van der Waals surface area contributed by atoms with Crippen LogP contribution in [0.2, 0.25) is 0 Å². The molecule has 0 bridgehead atoms. The van der Waals surface area contributed by atoms with Gasteiger partial charge in [0.25, 0.3) is 0 Å². The van der Waals surface area contributed by atoms with Gasteiger partial charge in [-0.15, -0.1) is 0 Å². The second-order valence-electron chi connectivity index (χ2n) is 5.40. The highest BCUT2D eigenvalue weighted by Gasteiger charge is 2.15. The molecule has 2 rings (SSSR count). The third kappa shape index (κ3) is 4.47. The van der Waals surface area contributed by atoms with Crippen molar-refractivity contribution in [2.24, 2.45) is 0 Å². The Balaban J connectivity index is 2.08. The maximum Gasteiger partial charge on any atom is 0.337 e. The molecule has 0 aromatic heterocycles. The number of benzene rings is 2. The van der Waals surface area contributed by atoms with Crippen LogP contribution in [-0.2, 0) is 4.74 Å². The molecule has 0 aliphatic heterocycles. The lowest BCUT2D eigenvalue weighted by molar-refractivity contribution is 0.0600. The molecule has 138 valence electrons. The van der Waals surface area contributed by atoms with Crippen molar-refractivity contribution in [2.75, 3.05) is 19.5 Å². The number of nitrogens with one attached hydrogen (secondary N) is 2. The number of esters is 1. The number of anilines is 1. The molecule has 0 saturated carbocycles. The largest absolute Gasteiger partial charge is 0.494 e. The molecule has 2 aromatic carbocycles. The van der Waals surface area contributed by atoms with Crippen LogP contribution in [0.1, 0.15) is 28.9 Å². The van der Waals surface area contributed by atoms with E-state index >= 15 is 0 Å². The Kier molecular flexibility index (Phi) is 6.11. The topological polar surface area (TPSA) is 76.7 Å². The summed E-state index contributed by atoms with van der Waals surface area (Å²) in [6.07, 6.45) is 0. The zero-order chi connectivity index (χ0) is 19.3. The molecule has 0 radical (unpaired) electrons. The van der Waals surface area contributed by atoms with Crippen molar-refractivity contribution < 1.29 is 27.8 Å². The lowest BCUT2D eigenvalue weighted by Gasteiger charge is -2.16. The number of carbonyl (C=O) groups is 2. The minimum absolute atomic E-state index is 0.0899. The Labute approximate surface area is 149 Å². The average Bonchev–Trinajstić information content (AvgIpc) is 2.62. The van der Waals surface area contributed by atoms with E-state index in [9.17, 15) is 18.4 Å². The summed E-state index contributed by atoms with van der Waals surface area (Å²) >= 11 is 0. The Morgan fingerprint density at radius 3 is 2.38 bits per heavy atom. The first kappa shape index (κ1) is 19.2. The van der Waals surface area contributed by atoms with E-state index in [-0.39, 0.29) is 17.0 Å². The number of carbonyl (C=O) groups excluding carboxylic acids is 2. The number of urea groups is 1. The molecule has 2 aromatic rings. The molecule has 8 heteroatoms. The fourth-order valence-electron chi connectivity index (χ4n) is 2.26. The highest BCUT2D eigenvalue weighted by molar-refractivity contribution is 5.94. The zero-order valence-electron chi connectivity index (χ0n) is 14.4. The van der Waals surface area contributed by atoms with Gasteiger partial charge in [0.05, 0.1) is 31.5 Å². The molecule has 2 N–H and O–H groups in total. The number of methoxy groups -OCH3 is 2. The van der Waals surface area contributed by atoms with E-state index in [2.05, 4.69) is 15.4 Å². The van der Waals surface area contributed by atoms with Crippen LogP contribution in [0.25, 0.3) is 0 Å². The first-order valence-corrected chi connectivity index (χ1v) is 7.64. The zero-order valence-corrected chi connectivity index (χ0v) is 14.4. The third-order valence-corrected chi connectivity index (χ3v) is 3.66. The monoisotopic (exact) mass is 364 g/mol. The molecule has 0 spiro atoms. The smallest absolute Gasteiger partial charge is 0.337 e. The third-order valence-electron chi connectivity index (χ3n) is 3.66. The van der Waals surface area contributed by atoms with Crippen LogP contribution < -0.4 is 15.4 Å². The Hall–Kier alpha value is -3.16. The van der Waals surface area contributed by atoms with Crippen molar-refractivity contribution in [1.82, 2.24) is 5.32 Å². The molecule has 0 fully saturated rings. The number of hydrogen-bond donors (Lipinski definition) is 2. The van der Waals surface area contributed by atoms with Crippen molar-refractivity contribution in [3.63, 3.8) is 0 Å². The van der Waals surface area contributed by atoms with E-state index in [0.717, 1.165) is 6.07 Å². The summed E-state index contributed by atoms with van der Waals surface area (Å²) < 4.78 is 37.0.